The summed E-state index contributed by atoms with van der Waals surface area (Å²) in [4.78, 5) is 51.5. The number of amides is 2. The summed E-state index contributed by atoms with van der Waals surface area (Å²) in [5.74, 6) is -2.71. The number of carbonyl (C=O) groups excluding carboxylic acids is 4. The number of allylic oxidation sites excluding steroid dienone is 2. The fourth-order valence-corrected chi connectivity index (χ4v) is 5.62. The molecule has 2 bridgehead atoms. The van der Waals surface area contributed by atoms with Gasteiger partial charge in [0, 0.05) is 23.5 Å². The molecule has 1 saturated carbocycles. The van der Waals surface area contributed by atoms with Crippen LogP contribution in [0.5, 0.6) is 0 Å². The van der Waals surface area contributed by atoms with E-state index in [1.54, 1.807) is 25.1 Å². The molecule has 4 atom stereocenters. The molecule has 0 N–H and O–H groups in total. The van der Waals surface area contributed by atoms with Crippen LogP contribution in [0.3, 0.4) is 0 Å². The molecule has 7 nitrogen and oxygen atoms in total. The van der Waals surface area contributed by atoms with Crippen LogP contribution in [-0.4, -0.2) is 46.2 Å². The van der Waals surface area contributed by atoms with Crippen molar-refractivity contribution in [1.82, 2.24) is 9.47 Å². The number of ether oxygens (including phenoxy) is 1. The second kappa shape index (κ2) is 8.34. The molecule has 1 aromatic carbocycles. The minimum Gasteiger partial charge on any atom is -0.456 e. The van der Waals surface area contributed by atoms with Gasteiger partial charge in [-0.2, -0.15) is 0 Å². The summed E-state index contributed by atoms with van der Waals surface area (Å²) in [6, 6.07) is 7.88. The van der Waals surface area contributed by atoms with Gasteiger partial charge in [0.25, 0.3) is 0 Å². The fraction of sp³-hybridized carbons (Fsp3) is 0.385. The third kappa shape index (κ3) is 3.67. The number of aryl methyl sites for hydroxylation is 1. The van der Waals surface area contributed by atoms with Gasteiger partial charge in [-0.05, 0) is 55.9 Å². The highest BCUT2D eigenvalue weighted by Crippen LogP contribution is 2.52. The second-order valence-electron chi connectivity index (χ2n) is 9.34. The van der Waals surface area contributed by atoms with Crippen LogP contribution in [0.15, 0.2) is 42.5 Å². The van der Waals surface area contributed by atoms with Gasteiger partial charge in [-0.15, -0.1) is 0 Å². The van der Waals surface area contributed by atoms with Gasteiger partial charge >= 0.3 is 5.97 Å². The van der Waals surface area contributed by atoms with Crippen molar-refractivity contribution in [3.63, 3.8) is 0 Å². The molecule has 2 aromatic rings. The minimum absolute atomic E-state index is 0.0687. The zero-order chi connectivity index (χ0) is 24.1. The molecule has 2 aliphatic carbocycles. The number of carbonyl (C=O) groups is 4. The maximum atomic E-state index is 13.2. The highest BCUT2D eigenvalue weighted by Gasteiger charge is 2.59. The molecule has 2 amide bonds. The van der Waals surface area contributed by atoms with Gasteiger partial charge in [-0.25, -0.2) is 4.39 Å². The van der Waals surface area contributed by atoms with Gasteiger partial charge in [0.15, 0.2) is 6.61 Å². The summed E-state index contributed by atoms with van der Waals surface area (Å²) >= 11 is 0. The second-order valence-corrected chi connectivity index (χ2v) is 9.34. The largest absolute Gasteiger partial charge is 0.456 e. The number of hydrogen-bond acceptors (Lipinski definition) is 5. The average molecular weight is 464 g/mol. The Bertz CT molecular complexity index is 1200. The minimum atomic E-state index is -0.782. The Balaban J connectivity index is 1.19. The molecular weight excluding hydrogens is 439 g/mol. The Morgan fingerprint density at radius 2 is 1.65 bits per heavy atom. The normalized spacial score (nSPS) is 24.7. The molecule has 1 saturated heterocycles. The quantitative estimate of drug-likeness (QED) is 0.272. The van der Waals surface area contributed by atoms with Gasteiger partial charge in [0.1, 0.15) is 12.4 Å². The monoisotopic (exact) mass is 464 g/mol. The Kier molecular flexibility index (Phi) is 5.46. The average Bonchev–Trinajstić information content (AvgIpc) is 3.55. The lowest BCUT2D eigenvalue weighted by Crippen LogP contribution is -2.38. The standard InChI is InChI=1S/C26H25FN2O5/c1-14-9-20(15(2)28(14)11-16-3-7-19(27)8-4-16)21(30)13-34-22(31)12-29-25(32)23-17-5-6-18(10-17)24(23)26(29)33/h3-9,17-18,23-24H,10-13H2,1-2H3. The number of fused-ring (bicyclic) bond motifs is 5. The van der Waals surface area contributed by atoms with Crippen molar-refractivity contribution in [2.45, 2.75) is 26.8 Å². The summed E-state index contributed by atoms with van der Waals surface area (Å²) in [5, 5.41) is 0. The maximum Gasteiger partial charge on any atom is 0.326 e. The topological polar surface area (TPSA) is 85.7 Å². The number of likely N-dealkylation sites (tertiary alicyclic amines) is 1. The van der Waals surface area contributed by atoms with Crippen LogP contribution in [-0.2, 0) is 25.7 Å². The van der Waals surface area contributed by atoms with E-state index in [0.29, 0.717) is 17.8 Å². The van der Waals surface area contributed by atoms with Crippen LogP contribution in [0.2, 0.25) is 0 Å². The Labute approximate surface area is 196 Å². The molecule has 0 radical (unpaired) electrons. The highest BCUT2D eigenvalue weighted by molar-refractivity contribution is 6.08. The number of Topliss-reactive ketones (excluding diaryl/α,β-unsaturated/α-hetero) is 1. The number of rotatable bonds is 7. The maximum absolute atomic E-state index is 13.2. The molecule has 3 aliphatic rings. The van der Waals surface area contributed by atoms with E-state index in [4.69, 9.17) is 4.74 Å². The van der Waals surface area contributed by atoms with Crippen molar-refractivity contribution in [3.8, 4) is 0 Å². The number of nitrogens with zero attached hydrogens (tertiary/aromatic N) is 2. The molecule has 34 heavy (non-hydrogen) atoms. The van der Waals surface area contributed by atoms with Crippen molar-refractivity contribution in [3.05, 3.63) is 70.8 Å². The Morgan fingerprint density at radius 1 is 1.03 bits per heavy atom. The van der Waals surface area contributed by atoms with E-state index in [1.165, 1.54) is 12.1 Å². The van der Waals surface area contributed by atoms with E-state index < -0.39 is 19.1 Å². The van der Waals surface area contributed by atoms with E-state index >= 15 is 0 Å². The summed E-state index contributed by atoms with van der Waals surface area (Å²) in [7, 11) is 0. The van der Waals surface area contributed by atoms with Gasteiger partial charge < -0.3 is 9.30 Å². The number of aromatic nitrogens is 1. The van der Waals surface area contributed by atoms with Gasteiger partial charge in [-0.1, -0.05) is 24.3 Å². The third-order valence-corrected chi connectivity index (χ3v) is 7.34. The number of benzene rings is 1. The molecule has 5 rings (SSSR count). The number of imide groups is 1. The van der Waals surface area contributed by atoms with Gasteiger partial charge in [0.2, 0.25) is 17.6 Å². The predicted octanol–water partition coefficient (Wildman–Crippen LogP) is 2.83. The molecule has 2 heterocycles. The van der Waals surface area contributed by atoms with Crippen molar-refractivity contribution in [1.29, 1.82) is 0 Å². The Hall–Kier alpha value is -3.55. The van der Waals surface area contributed by atoms with Crippen LogP contribution in [0.25, 0.3) is 0 Å². The molecule has 1 aromatic heterocycles. The van der Waals surface area contributed by atoms with Crippen LogP contribution in [0.1, 0.15) is 33.7 Å². The molecule has 0 spiro atoms. The molecule has 176 valence electrons. The SMILES string of the molecule is Cc1cc(C(=O)COC(=O)CN2C(=O)C3C4C=CC(C4)C3C2=O)c(C)n1Cc1ccc(F)cc1. The van der Waals surface area contributed by atoms with Crippen LogP contribution in [0, 0.1) is 43.3 Å². The smallest absolute Gasteiger partial charge is 0.326 e. The predicted molar refractivity (Wildman–Crippen MR) is 119 cm³/mol. The van der Waals surface area contributed by atoms with E-state index in [0.717, 1.165) is 22.6 Å². The van der Waals surface area contributed by atoms with Crippen LogP contribution in [0.4, 0.5) is 4.39 Å². The fourth-order valence-electron chi connectivity index (χ4n) is 5.62. The van der Waals surface area contributed by atoms with Crippen molar-refractivity contribution >= 4 is 23.6 Å². The first-order chi connectivity index (χ1) is 16.2. The summed E-state index contributed by atoms with van der Waals surface area (Å²) in [6.07, 6.45) is 4.80. The molecule has 4 unspecified atom stereocenters. The molecular formula is C26H25FN2O5. The lowest BCUT2D eigenvalue weighted by molar-refractivity contribution is -0.152. The number of hydrogen-bond donors (Lipinski definition) is 0. The van der Waals surface area contributed by atoms with Crippen LogP contribution < -0.4 is 0 Å². The van der Waals surface area contributed by atoms with Crippen molar-refractivity contribution in [2.75, 3.05) is 13.2 Å². The first kappa shape index (κ1) is 22.3. The zero-order valence-electron chi connectivity index (χ0n) is 19.0. The molecule has 2 fully saturated rings. The van der Waals surface area contributed by atoms with E-state index in [9.17, 15) is 23.6 Å². The van der Waals surface area contributed by atoms with Crippen LogP contribution >= 0.6 is 0 Å². The summed E-state index contributed by atoms with van der Waals surface area (Å²) in [6.45, 7) is 3.19. The van der Waals surface area contributed by atoms with Crippen molar-refractivity contribution in [2.24, 2.45) is 23.7 Å². The Morgan fingerprint density at radius 3 is 2.26 bits per heavy atom. The lowest BCUT2D eigenvalue weighted by atomic mass is 9.85. The van der Waals surface area contributed by atoms with Gasteiger partial charge in [0.05, 0.1) is 11.8 Å². The number of halogens is 1. The van der Waals surface area contributed by atoms with Crippen molar-refractivity contribution < 1.29 is 28.3 Å². The lowest BCUT2D eigenvalue weighted by Gasteiger charge is -2.16. The first-order valence-electron chi connectivity index (χ1n) is 11.4. The van der Waals surface area contributed by atoms with E-state index in [1.807, 2.05) is 23.6 Å². The van der Waals surface area contributed by atoms with E-state index in [2.05, 4.69) is 0 Å². The van der Waals surface area contributed by atoms with Gasteiger partial charge in [-0.3, -0.25) is 24.1 Å². The first-order valence-corrected chi connectivity index (χ1v) is 11.4. The third-order valence-electron chi connectivity index (χ3n) is 7.34. The van der Waals surface area contributed by atoms with E-state index in [-0.39, 0.29) is 47.1 Å². The summed E-state index contributed by atoms with van der Waals surface area (Å²) < 4.78 is 20.3. The highest BCUT2D eigenvalue weighted by atomic mass is 19.1. The summed E-state index contributed by atoms with van der Waals surface area (Å²) in [5.41, 5.74) is 2.88. The zero-order valence-corrected chi connectivity index (χ0v) is 19.0. The number of ketones is 1. The number of esters is 1. The molecule has 8 heteroatoms. The molecule has 1 aliphatic heterocycles.